The first kappa shape index (κ1) is 37.9. The molecule has 7 rings (SSSR count). The van der Waals surface area contributed by atoms with Gasteiger partial charge in [-0.15, -0.1) is 0 Å². The average molecular weight is 744 g/mol. The van der Waals surface area contributed by atoms with E-state index in [1.54, 1.807) is 32.3 Å². The fourth-order valence-corrected chi connectivity index (χ4v) is 7.40. The molecule has 2 aliphatic heterocycles. The van der Waals surface area contributed by atoms with Crippen molar-refractivity contribution < 1.29 is 24.0 Å². The summed E-state index contributed by atoms with van der Waals surface area (Å²) in [5, 5.41) is 12.5. The van der Waals surface area contributed by atoms with Crippen LogP contribution < -0.4 is 41.9 Å². The molecule has 15 nitrogen and oxygen atoms in total. The molecule has 55 heavy (non-hydrogen) atoms. The minimum absolute atomic E-state index is 0.0304. The Morgan fingerprint density at radius 2 is 1.73 bits per heavy atom. The van der Waals surface area contributed by atoms with E-state index in [2.05, 4.69) is 25.5 Å². The Hall–Kier alpha value is -5.44. The number of pyridine rings is 1. The van der Waals surface area contributed by atoms with E-state index >= 15 is 0 Å². The first-order valence-corrected chi connectivity index (χ1v) is 18.7. The van der Waals surface area contributed by atoms with Gasteiger partial charge in [-0.25, -0.2) is 0 Å². The van der Waals surface area contributed by atoms with Crippen molar-refractivity contribution in [3.8, 4) is 11.1 Å². The Balaban J connectivity index is 1.12. The van der Waals surface area contributed by atoms with Crippen LogP contribution in [-0.2, 0) is 21.5 Å². The molecule has 7 N–H and O–H groups in total. The van der Waals surface area contributed by atoms with Gasteiger partial charge in [0.2, 0.25) is 11.6 Å². The number of likely N-dealkylation sites (tertiary alicyclic amines) is 1. The van der Waals surface area contributed by atoms with E-state index in [1.807, 2.05) is 36.3 Å². The third-order valence-electron chi connectivity index (χ3n) is 10.7. The number of para-hydroxylation sites is 1. The van der Waals surface area contributed by atoms with Gasteiger partial charge in [0.25, 0.3) is 5.91 Å². The number of fused-ring (bicyclic) bond motifs is 3. The van der Waals surface area contributed by atoms with E-state index in [0.29, 0.717) is 36.7 Å². The number of benzene rings is 1. The molecule has 1 aromatic carbocycles. The number of carbonyl (C=O) groups excluding carboxylic acids is 3. The van der Waals surface area contributed by atoms with E-state index < -0.39 is 11.2 Å². The molecule has 3 fully saturated rings. The van der Waals surface area contributed by atoms with Crippen LogP contribution in [0.4, 0.5) is 11.4 Å². The van der Waals surface area contributed by atoms with E-state index in [1.165, 1.54) is 22.8 Å². The molecule has 1 saturated heterocycles. The van der Waals surface area contributed by atoms with Crippen molar-refractivity contribution in [3.63, 3.8) is 0 Å². The van der Waals surface area contributed by atoms with Crippen molar-refractivity contribution >= 4 is 44.8 Å². The molecule has 284 valence electrons. The minimum atomic E-state index is -1.41. The van der Waals surface area contributed by atoms with Crippen LogP contribution in [0.3, 0.4) is 0 Å². The van der Waals surface area contributed by atoms with Gasteiger partial charge in [-0.1, -0.05) is 12.1 Å². The average Bonchev–Trinajstić information content (AvgIpc) is 4.12. The molecule has 3 amide bonds. The number of piperidine rings is 1. The van der Waals surface area contributed by atoms with Gasteiger partial charge in [-0.05, 0) is 63.7 Å². The Morgan fingerprint density at radius 1 is 1.02 bits per heavy atom. The summed E-state index contributed by atoms with van der Waals surface area (Å²) in [5.41, 5.74) is 18.4. The van der Waals surface area contributed by atoms with Gasteiger partial charge in [-0.2, -0.15) is 5.10 Å². The zero-order valence-electron chi connectivity index (χ0n) is 31.8. The van der Waals surface area contributed by atoms with Crippen LogP contribution >= 0.6 is 0 Å². The Kier molecular flexibility index (Phi) is 10.3. The SMILES string of the molecule is [B]C([B])(c1cccc(C(=O)N(C)C)[n+]1OC)N1CCC(n2ncc3c2CN(C)c2c(NC(/C=C(\N)NC(=O)C4CC4)=C(/N)C(=O)NC4CC4)cccc2-3)CC1. The third-order valence-corrected chi connectivity index (χ3v) is 10.7. The number of nitrogens with two attached hydrogens (primary N) is 2. The number of anilines is 2. The monoisotopic (exact) mass is 744 g/mol. The first-order chi connectivity index (χ1) is 26.3. The highest BCUT2D eigenvalue weighted by molar-refractivity contribution is 6.39. The molecule has 4 heterocycles. The topological polar surface area (TPSA) is 180 Å². The zero-order chi connectivity index (χ0) is 39.2. The fourth-order valence-electron chi connectivity index (χ4n) is 7.40. The maximum absolute atomic E-state index is 13.1. The van der Waals surface area contributed by atoms with Gasteiger partial charge < -0.3 is 42.1 Å². The third kappa shape index (κ3) is 7.62. The molecule has 2 aromatic heterocycles. The molecule has 4 radical (unpaired) electrons. The van der Waals surface area contributed by atoms with Crippen LogP contribution in [0.25, 0.3) is 11.1 Å². The summed E-state index contributed by atoms with van der Waals surface area (Å²) in [6, 6.07) is 11.3. The highest BCUT2D eigenvalue weighted by Gasteiger charge is 2.41. The number of hydrogen-bond acceptors (Lipinski definition) is 10. The molecular formula is C38H48B2N11O4+. The molecule has 0 atom stereocenters. The van der Waals surface area contributed by atoms with Crippen molar-refractivity contribution in [2.24, 2.45) is 17.4 Å². The van der Waals surface area contributed by atoms with Crippen LogP contribution in [0.15, 0.2) is 65.9 Å². The second-order valence-corrected chi connectivity index (χ2v) is 15.1. The molecular weight excluding hydrogens is 696 g/mol. The van der Waals surface area contributed by atoms with E-state index in [9.17, 15) is 14.4 Å². The van der Waals surface area contributed by atoms with E-state index in [4.69, 9.17) is 37.1 Å². The molecule has 17 heteroatoms. The number of allylic oxidation sites excluding steroid dienone is 1. The van der Waals surface area contributed by atoms with Gasteiger partial charge in [0.1, 0.15) is 18.6 Å². The number of hydrogen-bond donors (Lipinski definition) is 5. The van der Waals surface area contributed by atoms with Gasteiger partial charge in [-0.3, -0.25) is 23.9 Å². The Bertz CT molecular complexity index is 2060. The van der Waals surface area contributed by atoms with Crippen LogP contribution in [-0.4, -0.2) is 100 Å². The predicted octanol–water partition coefficient (Wildman–Crippen LogP) is 0.519. The second-order valence-electron chi connectivity index (χ2n) is 15.1. The summed E-state index contributed by atoms with van der Waals surface area (Å²) in [4.78, 5) is 49.7. The molecule has 3 aromatic rings. The smallest absolute Gasteiger partial charge is 0.323 e. The summed E-state index contributed by atoms with van der Waals surface area (Å²) in [6.07, 6.45) is 8.38. The van der Waals surface area contributed by atoms with Crippen LogP contribution in [0.2, 0.25) is 0 Å². The number of nitrogens with one attached hydrogen (secondary N) is 3. The van der Waals surface area contributed by atoms with Gasteiger partial charge in [0.05, 0.1) is 57.2 Å². The molecule has 0 bridgehead atoms. The largest absolute Gasteiger partial charge is 0.393 e. The van der Waals surface area contributed by atoms with Gasteiger partial charge in [0, 0.05) is 72.5 Å². The summed E-state index contributed by atoms with van der Waals surface area (Å²) in [5.74, 6) is -0.718. The van der Waals surface area contributed by atoms with Crippen molar-refractivity contribution in [3.05, 3.63) is 83.0 Å². The summed E-state index contributed by atoms with van der Waals surface area (Å²) >= 11 is 0. The molecule has 2 saturated carbocycles. The van der Waals surface area contributed by atoms with E-state index in [0.717, 1.165) is 61.0 Å². The summed E-state index contributed by atoms with van der Waals surface area (Å²) in [6.45, 7) is 1.75. The fraction of sp³-hybridized carbons (Fsp3) is 0.447. The molecule has 2 aliphatic carbocycles. The number of carbonyl (C=O) groups is 3. The molecule has 0 unspecified atom stereocenters. The first-order valence-electron chi connectivity index (χ1n) is 18.7. The lowest BCUT2D eigenvalue weighted by Crippen LogP contribution is -2.61. The predicted molar refractivity (Wildman–Crippen MR) is 209 cm³/mol. The standard InChI is InChI=1S/C38H47B2N11O4/c1-47(2)37(54)29-9-6-10-31(51(29)55-4)38(39,40)49-17-15-24(16-18-49)50-30-21-48(3)34-25(26(30)20-43-50)7-5-8-27(34)45-28(33(42)36(53)44-23-13-14-23)19-32(41)46-35(52)22-11-12-22/h5-10,19-20,22-24,42H,11-18,21H2,1-4H3,(H5,41,44,45,46,52,53,54)/p+1. The number of nitrogens with zero attached hydrogens (tertiary/aromatic N) is 6. The van der Waals surface area contributed by atoms with Gasteiger partial charge in [0.15, 0.2) is 0 Å². The van der Waals surface area contributed by atoms with E-state index in [-0.39, 0.29) is 47.0 Å². The lowest BCUT2D eigenvalue weighted by molar-refractivity contribution is -0.893. The van der Waals surface area contributed by atoms with Crippen LogP contribution in [0, 0.1) is 5.92 Å². The molecule has 4 aliphatic rings. The highest BCUT2D eigenvalue weighted by Crippen LogP contribution is 2.44. The second kappa shape index (κ2) is 15.0. The lowest BCUT2D eigenvalue weighted by atomic mass is 9.58. The van der Waals surface area contributed by atoms with Crippen molar-refractivity contribution in [2.75, 3.05) is 51.6 Å². The maximum atomic E-state index is 13.1. The van der Waals surface area contributed by atoms with Crippen molar-refractivity contribution in [2.45, 2.75) is 62.5 Å². The summed E-state index contributed by atoms with van der Waals surface area (Å²) in [7, 11) is 20.5. The summed E-state index contributed by atoms with van der Waals surface area (Å²) < 4.78 is 3.52. The quantitative estimate of drug-likeness (QED) is 0.0760. The van der Waals surface area contributed by atoms with Crippen molar-refractivity contribution in [1.82, 2.24) is 30.2 Å². The minimum Gasteiger partial charge on any atom is -0.393 e. The maximum Gasteiger partial charge on any atom is 0.323 e. The normalized spacial score (nSPS) is 18.1. The van der Waals surface area contributed by atoms with Crippen LogP contribution in [0.5, 0.6) is 0 Å². The van der Waals surface area contributed by atoms with Crippen molar-refractivity contribution in [1.29, 1.82) is 0 Å². The number of amides is 3. The zero-order valence-corrected chi connectivity index (χ0v) is 31.8. The lowest BCUT2D eigenvalue weighted by Gasteiger charge is -2.42. The number of rotatable bonds is 12. The Morgan fingerprint density at radius 3 is 2.38 bits per heavy atom. The number of aromatic nitrogens is 3. The van der Waals surface area contributed by atoms with Crippen LogP contribution in [0.1, 0.15) is 66.4 Å². The van der Waals surface area contributed by atoms with Gasteiger partial charge >= 0.3 is 11.6 Å². The Labute approximate surface area is 323 Å². The highest BCUT2D eigenvalue weighted by atomic mass is 16.6. The molecule has 0 spiro atoms.